The van der Waals surface area contributed by atoms with Crippen molar-refractivity contribution >= 4 is 23.8 Å². The van der Waals surface area contributed by atoms with Gasteiger partial charge in [0.2, 0.25) is 11.6 Å². The predicted molar refractivity (Wildman–Crippen MR) is 209 cm³/mol. The van der Waals surface area contributed by atoms with Gasteiger partial charge < -0.3 is 24.5 Å². The van der Waals surface area contributed by atoms with E-state index in [2.05, 4.69) is 32.7 Å². The molecule has 2 aromatic carbocycles. The molecular weight excluding hydrogens is 735 g/mol. The van der Waals surface area contributed by atoms with Crippen LogP contribution in [0.5, 0.6) is 5.75 Å². The van der Waals surface area contributed by atoms with E-state index in [0.29, 0.717) is 17.5 Å². The van der Waals surface area contributed by atoms with Gasteiger partial charge in [-0.3, -0.25) is 23.7 Å². The summed E-state index contributed by atoms with van der Waals surface area (Å²) < 4.78 is 30.7. The van der Waals surface area contributed by atoms with Crippen molar-refractivity contribution in [3.05, 3.63) is 105 Å². The summed E-state index contributed by atoms with van der Waals surface area (Å²) in [5.74, 6) is -4.20. The number of nitrogens with one attached hydrogen (secondary N) is 2. The maximum Gasteiger partial charge on any atom is 0.343 e. The van der Waals surface area contributed by atoms with Gasteiger partial charge >= 0.3 is 23.7 Å². The molecule has 2 aromatic heterocycles. The Balaban J connectivity index is 1.40. The average molecular weight is 789 g/mol. The predicted octanol–water partition coefficient (Wildman–Crippen LogP) is 7.17. The summed E-state index contributed by atoms with van der Waals surface area (Å²) in [6.07, 6.45) is 13.4. The first kappa shape index (κ1) is 44.0. The van der Waals surface area contributed by atoms with E-state index in [0.717, 1.165) is 23.8 Å². The number of carbonyl (C=O) groups is 4. The molecule has 0 bridgehead atoms. The van der Waals surface area contributed by atoms with Crippen LogP contribution in [0.15, 0.2) is 57.7 Å². The minimum Gasteiger partial charge on any atom is -0.461 e. The fourth-order valence-electron chi connectivity index (χ4n) is 6.09. The van der Waals surface area contributed by atoms with Crippen LogP contribution in [0.25, 0.3) is 0 Å². The Bertz CT molecular complexity index is 2030. The maximum atomic E-state index is 13.8. The topological polar surface area (TPSA) is 185 Å². The summed E-state index contributed by atoms with van der Waals surface area (Å²) in [5, 5.41) is 12.7. The summed E-state index contributed by atoms with van der Waals surface area (Å²) >= 11 is 0. The Kier molecular flexibility index (Phi) is 16.6. The fourth-order valence-corrected chi connectivity index (χ4v) is 6.09. The third-order valence-electron chi connectivity index (χ3n) is 9.30. The van der Waals surface area contributed by atoms with Crippen molar-refractivity contribution in [1.29, 1.82) is 0 Å². The highest BCUT2D eigenvalue weighted by atomic mass is 19.1. The molecule has 0 saturated heterocycles. The molecule has 0 saturated carbocycles. The summed E-state index contributed by atoms with van der Waals surface area (Å²) in [4.78, 5) is 70.5. The van der Waals surface area contributed by atoms with Crippen molar-refractivity contribution in [1.82, 2.24) is 30.4 Å². The lowest BCUT2D eigenvalue weighted by Crippen LogP contribution is -2.46. The molecule has 0 atom stereocenters. The molecule has 2 heterocycles. The van der Waals surface area contributed by atoms with Gasteiger partial charge in [0.1, 0.15) is 18.2 Å². The number of rotatable bonds is 22. The Labute approximate surface area is 332 Å². The van der Waals surface area contributed by atoms with Gasteiger partial charge in [-0.25, -0.2) is 14.2 Å². The van der Waals surface area contributed by atoms with Crippen LogP contribution in [0.1, 0.15) is 152 Å². The molecule has 0 spiro atoms. The van der Waals surface area contributed by atoms with Crippen molar-refractivity contribution in [2.24, 2.45) is 7.05 Å². The number of benzene rings is 2. The Hall–Kier alpha value is -5.73. The molecule has 306 valence electrons. The monoisotopic (exact) mass is 788 g/mol. The number of ether oxygens (including phenoxy) is 2. The molecule has 0 unspecified atom stereocenters. The molecule has 4 rings (SSSR count). The van der Waals surface area contributed by atoms with Gasteiger partial charge in [-0.05, 0) is 55.7 Å². The highest BCUT2D eigenvalue weighted by Crippen LogP contribution is 2.23. The van der Waals surface area contributed by atoms with Crippen LogP contribution >= 0.6 is 0 Å². The third kappa shape index (κ3) is 13.5. The van der Waals surface area contributed by atoms with E-state index in [1.54, 1.807) is 26.0 Å². The number of hydrogen-bond donors (Lipinski definition) is 2. The van der Waals surface area contributed by atoms with Crippen LogP contribution in [-0.4, -0.2) is 43.5 Å². The Morgan fingerprint density at radius 2 is 1.42 bits per heavy atom. The molecule has 0 fully saturated rings. The summed E-state index contributed by atoms with van der Waals surface area (Å²) in [7, 11) is 1.35. The van der Waals surface area contributed by atoms with Gasteiger partial charge in [-0.2, -0.15) is 0 Å². The van der Waals surface area contributed by atoms with Gasteiger partial charge in [0.05, 0.1) is 11.1 Å². The zero-order chi connectivity index (χ0) is 41.4. The molecule has 15 heteroatoms. The standard InChI is InChI=1S/C42H53FN6O8/c1-6-7-8-9-10-11-12-13-14-15-16-17-33(50)55-27-30-18-22-31(23-19-30)40(54)57-35-34(36(51)44-26-29-20-24-32(43)25-21-29)45-41(49(5)39(35)53)42(3,4)46-37(52)38-48-47-28(2)56-38/h18-25H,6-17,26-27H2,1-5H3,(H,44,51)(H,46,52). The minimum absolute atomic E-state index is 0.0227. The molecule has 57 heavy (non-hydrogen) atoms. The second-order valence-electron chi connectivity index (χ2n) is 14.5. The molecule has 0 aliphatic carbocycles. The van der Waals surface area contributed by atoms with E-state index in [1.165, 1.54) is 102 Å². The Morgan fingerprint density at radius 1 is 0.825 bits per heavy atom. The van der Waals surface area contributed by atoms with Gasteiger partial charge in [-0.15, -0.1) is 10.2 Å². The number of nitrogens with zero attached hydrogens (tertiary/aromatic N) is 4. The molecule has 4 aromatic rings. The number of carbonyl (C=O) groups excluding carboxylic acids is 4. The van der Waals surface area contributed by atoms with Gasteiger partial charge in [0, 0.05) is 26.9 Å². The smallest absolute Gasteiger partial charge is 0.343 e. The first-order chi connectivity index (χ1) is 27.3. The third-order valence-corrected chi connectivity index (χ3v) is 9.30. The number of aromatic nitrogens is 4. The number of amides is 2. The summed E-state index contributed by atoms with van der Waals surface area (Å²) in [6, 6.07) is 11.5. The van der Waals surface area contributed by atoms with Crippen LogP contribution in [0.4, 0.5) is 4.39 Å². The van der Waals surface area contributed by atoms with Crippen molar-refractivity contribution < 1.29 is 37.5 Å². The largest absolute Gasteiger partial charge is 0.461 e. The Morgan fingerprint density at radius 3 is 2.02 bits per heavy atom. The molecule has 14 nitrogen and oxygen atoms in total. The first-order valence-corrected chi connectivity index (χ1v) is 19.5. The van der Waals surface area contributed by atoms with Gasteiger partial charge in [0.15, 0.2) is 5.69 Å². The normalized spacial score (nSPS) is 11.3. The lowest BCUT2D eigenvalue weighted by molar-refractivity contribution is -0.145. The second-order valence-corrected chi connectivity index (χ2v) is 14.5. The van der Waals surface area contributed by atoms with Crippen molar-refractivity contribution in [2.45, 2.75) is 123 Å². The molecule has 0 radical (unpaired) electrons. The van der Waals surface area contributed by atoms with Crippen LogP contribution < -0.4 is 20.9 Å². The number of unbranched alkanes of at least 4 members (excludes halogenated alkanes) is 10. The van der Waals surface area contributed by atoms with E-state index in [4.69, 9.17) is 13.9 Å². The van der Waals surface area contributed by atoms with Crippen LogP contribution in [-0.2, 0) is 35.3 Å². The number of aryl methyl sites for hydroxylation is 1. The highest BCUT2D eigenvalue weighted by Gasteiger charge is 2.34. The van der Waals surface area contributed by atoms with Crippen LogP contribution in [0.3, 0.4) is 0 Å². The van der Waals surface area contributed by atoms with Crippen molar-refractivity contribution in [2.75, 3.05) is 0 Å². The van der Waals surface area contributed by atoms with E-state index in [-0.39, 0.29) is 42.3 Å². The molecular formula is C42H53FN6O8. The molecule has 0 aliphatic heterocycles. The zero-order valence-corrected chi connectivity index (χ0v) is 33.5. The lowest BCUT2D eigenvalue weighted by atomic mass is 10.0. The average Bonchev–Trinajstić information content (AvgIpc) is 3.64. The maximum absolute atomic E-state index is 13.8. The van der Waals surface area contributed by atoms with E-state index < -0.39 is 46.1 Å². The highest BCUT2D eigenvalue weighted by molar-refractivity contribution is 5.97. The number of halogens is 1. The zero-order valence-electron chi connectivity index (χ0n) is 33.5. The quantitative estimate of drug-likeness (QED) is 0.0608. The second kappa shape index (κ2) is 21.5. The SMILES string of the molecule is CCCCCCCCCCCCCC(=O)OCc1ccc(C(=O)Oc2c(C(=O)NCc3ccc(F)cc3)nc(C(C)(C)NC(=O)c3nnc(C)o3)n(C)c2=O)cc1. The minimum atomic E-state index is -1.39. The molecule has 2 N–H and O–H groups in total. The van der Waals surface area contributed by atoms with E-state index >= 15 is 0 Å². The molecule has 0 aliphatic rings. The van der Waals surface area contributed by atoms with Crippen molar-refractivity contribution in [3.63, 3.8) is 0 Å². The fraction of sp³-hybridized carbons (Fsp3) is 0.476. The van der Waals surface area contributed by atoms with Crippen LogP contribution in [0.2, 0.25) is 0 Å². The molecule has 2 amide bonds. The lowest BCUT2D eigenvalue weighted by Gasteiger charge is -2.27. The summed E-state index contributed by atoms with van der Waals surface area (Å²) in [5.41, 5.74) is -1.57. The van der Waals surface area contributed by atoms with Gasteiger partial charge in [0.25, 0.3) is 11.5 Å². The number of hydrogen-bond acceptors (Lipinski definition) is 11. The van der Waals surface area contributed by atoms with Gasteiger partial charge in [-0.1, -0.05) is 95.4 Å². The van der Waals surface area contributed by atoms with E-state index in [9.17, 15) is 28.4 Å². The number of esters is 2. The van der Waals surface area contributed by atoms with Crippen LogP contribution in [0, 0.1) is 12.7 Å². The van der Waals surface area contributed by atoms with Crippen molar-refractivity contribution in [3.8, 4) is 5.75 Å². The first-order valence-electron chi connectivity index (χ1n) is 19.5. The van der Waals surface area contributed by atoms with E-state index in [1.807, 2.05) is 0 Å². The summed E-state index contributed by atoms with van der Waals surface area (Å²) in [6.45, 7) is 6.78.